The van der Waals surface area contributed by atoms with Gasteiger partial charge in [0.25, 0.3) is 0 Å². The summed E-state index contributed by atoms with van der Waals surface area (Å²) in [5.41, 5.74) is 3.17. The second kappa shape index (κ2) is 10.8. The zero-order chi connectivity index (χ0) is 22.1. The average Bonchev–Trinajstić information content (AvgIpc) is 2.78. The molecule has 1 amide bonds. The second-order valence-corrected chi connectivity index (χ2v) is 6.94. The molecule has 0 spiro atoms. The zero-order valence-corrected chi connectivity index (χ0v) is 17.2. The van der Waals surface area contributed by atoms with Crippen molar-refractivity contribution in [3.63, 3.8) is 0 Å². The van der Waals surface area contributed by atoms with Crippen molar-refractivity contribution in [2.24, 2.45) is 0 Å². The van der Waals surface area contributed by atoms with Gasteiger partial charge in [0.15, 0.2) is 11.6 Å². The monoisotopic (exact) mass is 418 g/mol. The number of carbonyl (C=O) groups excluding carboxylic acids is 1. The minimum absolute atomic E-state index is 0.162. The number of anilines is 1. The number of methoxy groups -OCH3 is 1. The fraction of sp³-hybridized carbons (Fsp3) is 0.200. The molecule has 0 saturated carbocycles. The average molecular weight is 418 g/mol. The molecule has 0 bridgehead atoms. The van der Waals surface area contributed by atoms with Gasteiger partial charge in [-0.25, -0.2) is 4.39 Å². The van der Waals surface area contributed by atoms with E-state index in [0.29, 0.717) is 24.3 Å². The Kier molecular flexibility index (Phi) is 7.61. The Morgan fingerprint density at radius 1 is 1.06 bits per heavy atom. The number of nitrogens with zero attached hydrogens (tertiary/aromatic N) is 1. The Bertz CT molecular complexity index is 1070. The summed E-state index contributed by atoms with van der Waals surface area (Å²) in [6.45, 7) is 0.289. The maximum atomic E-state index is 13.8. The van der Waals surface area contributed by atoms with E-state index in [9.17, 15) is 9.18 Å². The predicted octanol–water partition coefficient (Wildman–Crippen LogP) is 5.05. The summed E-state index contributed by atoms with van der Waals surface area (Å²) in [6.07, 6.45) is 1.00. The van der Waals surface area contributed by atoms with Crippen molar-refractivity contribution in [1.82, 2.24) is 0 Å². The number of para-hydroxylation sites is 1. The van der Waals surface area contributed by atoms with E-state index in [1.807, 2.05) is 48.5 Å². The van der Waals surface area contributed by atoms with Crippen molar-refractivity contribution < 1.29 is 18.7 Å². The van der Waals surface area contributed by atoms with Crippen molar-refractivity contribution in [3.8, 4) is 17.6 Å². The maximum Gasteiger partial charge on any atom is 0.224 e. The lowest BCUT2D eigenvalue weighted by Crippen LogP contribution is -2.14. The van der Waals surface area contributed by atoms with E-state index in [2.05, 4.69) is 11.4 Å². The normalized spacial score (nSPS) is 10.2. The van der Waals surface area contributed by atoms with Crippen LogP contribution in [0.2, 0.25) is 0 Å². The molecule has 0 atom stereocenters. The van der Waals surface area contributed by atoms with Gasteiger partial charge in [0.2, 0.25) is 5.91 Å². The number of hydrogen-bond donors (Lipinski definition) is 1. The Labute approximate surface area is 181 Å². The first kappa shape index (κ1) is 21.8. The largest absolute Gasteiger partial charge is 0.494 e. The van der Waals surface area contributed by atoms with E-state index >= 15 is 0 Å². The molecule has 31 heavy (non-hydrogen) atoms. The number of nitrogens with one attached hydrogen (secondary N) is 1. The highest BCUT2D eigenvalue weighted by Crippen LogP contribution is 2.21. The molecule has 0 fully saturated rings. The summed E-state index contributed by atoms with van der Waals surface area (Å²) >= 11 is 0. The lowest BCUT2D eigenvalue weighted by atomic mass is 10.1. The smallest absolute Gasteiger partial charge is 0.224 e. The van der Waals surface area contributed by atoms with E-state index in [1.54, 1.807) is 12.1 Å². The molecule has 0 unspecified atom stereocenters. The van der Waals surface area contributed by atoms with Crippen LogP contribution in [0.5, 0.6) is 11.5 Å². The first-order chi connectivity index (χ1) is 15.1. The van der Waals surface area contributed by atoms with Crippen molar-refractivity contribution in [2.45, 2.75) is 25.9 Å². The first-order valence-electron chi connectivity index (χ1n) is 9.88. The molecule has 158 valence electrons. The maximum absolute atomic E-state index is 13.8. The molecule has 0 aliphatic heterocycles. The Balaban J connectivity index is 1.56. The van der Waals surface area contributed by atoms with Gasteiger partial charge in [-0.1, -0.05) is 36.4 Å². The summed E-state index contributed by atoms with van der Waals surface area (Å²) in [7, 11) is 1.41. The standard InChI is InChI=1S/C25H23FN2O3/c1-30-24-12-8-19(16-22(24)26)9-13-25(29)28-23-5-3-2-4-20(23)17-31-21-10-6-18(7-11-21)14-15-27/h2-8,10-12,16H,9,13-14,17H2,1H3,(H,28,29). The van der Waals surface area contributed by atoms with E-state index in [1.165, 1.54) is 13.2 Å². The van der Waals surface area contributed by atoms with E-state index in [0.717, 1.165) is 16.7 Å². The summed E-state index contributed by atoms with van der Waals surface area (Å²) in [6, 6.07) is 21.6. The predicted molar refractivity (Wildman–Crippen MR) is 116 cm³/mol. The van der Waals surface area contributed by atoms with Crippen LogP contribution in [0, 0.1) is 17.1 Å². The van der Waals surface area contributed by atoms with Crippen LogP contribution in [0.3, 0.4) is 0 Å². The minimum atomic E-state index is -0.441. The van der Waals surface area contributed by atoms with Crippen molar-refractivity contribution in [1.29, 1.82) is 5.26 Å². The van der Waals surface area contributed by atoms with Gasteiger partial charge >= 0.3 is 0 Å². The van der Waals surface area contributed by atoms with Gasteiger partial charge in [-0.15, -0.1) is 0 Å². The highest BCUT2D eigenvalue weighted by Gasteiger charge is 2.09. The lowest BCUT2D eigenvalue weighted by Gasteiger charge is -2.13. The number of amides is 1. The molecule has 5 nitrogen and oxygen atoms in total. The van der Waals surface area contributed by atoms with Crippen molar-refractivity contribution in [2.75, 3.05) is 12.4 Å². The number of aryl methyl sites for hydroxylation is 1. The van der Waals surface area contributed by atoms with Crippen LogP contribution in [0.4, 0.5) is 10.1 Å². The highest BCUT2D eigenvalue weighted by molar-refractivity contribution is 5.91. The topological polar surface area (TPSA) is 71.3 Å². The van der Waals surface area contributed by atoms with E-state index in [4.69, 9.17) is 14.7 Å². The number of hydrogen-bond acceptors (Lipinski definition) is 4. The number of carbonyl (C=O) groups is 1. The third-order valence-corrected chi connectivity index (χ3v) is 4.75. The zero-order valence-electron chi connectivity index (χ0n) is 17.2. The van der Waals surface area contributed by atoms with Crippen LogP contribution in [-0.2, 0) is 24.2 Å². The fourth-order valence-corrected chi connectivity index (χ4v) is 3.06. The van der Waals surface area contributed by atoms with Gasteiger partial charge in [-0.05, 0) is 47.9 Å². The Morgan fingerprint density at radius 3 is 2.52 bits per heavy atom. The molecule has 0 heterocycles. The van der Waals surface area contributed by atoms with Crippen molar-refractivity contribution in [3.05, 3.63) is 89.2 Å². The quantitative estimate of drug-likeness (QED) is 0.528. The molecule has 6 heteroatoms. The molecule has 3 aromatic rings. The molecular weight excluding hydrogens is 395 g/mol. The summed E-state index contributed by atoms with van der Waals surface area (Å²) < 4.78 is 24.5. The minimum Gasteiger partial charge on any atom is -0.494 e. The highest BCUT2D eigenvalue weighted by atomic mass is 19.1. The molecular formula is C25H23FN2O3. The van der Waals surface area contributed by atoms with Crippen molar-refractivity contribution >= 4 is 11.6 Å². The molecule has 0 aliphatic rings. The van der Waals surface area contributed by atoms with Crippen LogP contribution < -0.4 is 14.8 Å². The lowest BCUT2D eigenvalue weighted by molar-refractivity contribution is -0.116. The summed E-state index contributed by atoms with van der Waals surface area (Å²) in [5, 5.41) is 11.6. The summed E-state index contributed by atoms with van der Waals surface area (Å²) in [5.74, 6) is 0.263. The number of benzene rings is 3. The molecule has 0 radical (unpaired) electrons. The van der Waals surface area contributed by atoms with Crippen LogP contribution in [0.1, 0.15) is 23.1 Å². The number of ether oxygens (including phenoxy) is 2. The SMILES string of the molecule is COc1ccc(CCC(=O)Nc2ccccc2COc2ccc(CC#N)cc2)cc1F. The molecule has 0 aliphatic carbocycles. The number of halogens is 1. The first-order valence-corrected chi connectivity index (χ1v) is 9.88. The summed E-state index contributed by atoms with van der Waals surface area (Å²) in [4.78, 5) is 12.4. The molecule has 3 aromatic carbocycles. The Hall–Kier alpha value is -3.85. The van der Waals surface area contributed by atoms with Crippen LogP contribution >= 0.6 is 0 Å². The van der Waals surface area contributed by atoms with Gasteiger partial charge in [0.05, 0.1) is 19.6 Å². The van der Waals surface area contributed by atoms with Gasteiger partial charge in [0.1, 0.15) is 12.4 Å². The third kappa shape index (κ3) is 6.31. The molecule has 0 aromatic heterocycles. The van der Waals surface area contributed by atoms with Gasteiger partial charge in [0, 0.05) is 17.7 Å². The second-order valence-electron chi connectivity index (χ2n) is 6.94. The molecule has 3 rings (SSSR count). The fourth-order valence-electron chi connectivity index (χ4n) is 3.06. The van der Waals surface area contributed by atoms with Crippen LogP contribution in [0.15, 0.2) is 66.7 Å². The molecule has 1 N–H and O–H groups in total. The van der Waals surface area contributed by atoms with Crippen LogP contribution in [0.25, 0.3) is 0 Å². The Morgan fingerprint density at radius 2 is 1.81 bits per heavy atom. The van der Waals surface area contributed by atoms with Gasteiger partial charge in [-0.2, -0.15) is 5.26 Å². The van der Waals surface area contributed by atoms with Gasteiger partial charge < -0.3 is 14.8 Å². The number of nitriles is 1. The van der Waals surface area contributed by atoms with Gasteiger partial charge in [-0.3, -0.25) is 4.79 Å². The van der Waals surface area contributed by atoms with E-state index in [-0.39, 0.29) is 24.7 Å². The molecule has 0 saturated heterocycles. The van der Waals surface area contributed by atoms with E-state index < -0.39 is 5.82 Å². The van der Waals surface area contributed by atoms with Crippen LogP contribution in [-0.4, -0.2) is 13.0 Å². The third-order valence-electron chi connectivity index (χ3n) is 4.75. The number of rotatable bonds is 9.